The topological polar surface area (TPSA) is 42.0 Å². The molecule has 1 aromatic carbocycles. The third-order valence-electron chi connectivity index (χ3n) is 6.41. The number of rotatable bonds is 3. The molecule has 4 aliphatic carbocycles. The van der Waals surface area contributed by atoms with E-state index in [0.29, 0.717) is 10.7 Å². The Balaban J connectivity index is 1.35. The van der Waals surface area contributed by atoms with Gasteiger partial charge >= 0.3 is 0 Å². The number of carbonyl (C=O) groups excluding carboxylic acids is 1. The van der Waals surface area contributed by atoms with Crippen molar-refractivity contribution in [3.8, 4) is 0 Å². The van der Waals surface area contributed by atoms with E-state index in [1.807, 2.05) is 0 Å². The summed E-state index contributed by atoms with van der Waals surface area (Å²) in [6.07, 6.45) is 8.06. The van der Waals surface area contributed by atoms with Crippen molar-refractivity contribution in [3.63, 3.8) is 0 Å². The van der Waals surface area contributed by atoms with Gasteiger partial charge in [0.1, 0.15) is 5.82 Å². The minimum absolute atomic E-state index is 0.230. The lowest BCUT2D eigenvalue weighted by Gasteiger charge is -2.56. The average Bonchev–Trinajstić information content (AvgIpc) is 3.03. The fraction of sp³-hybridized carbons (Fsp3) is 0.500. The Morgan fingerprint density at radius 1 is 1.08 bits per heavy atom. The summed E-state index contributed by atoms with van der Waals surface area (Å²) in [5.41, 5.74) is 1.89. The van der Waals surface area contributed by atoms with E-state index in [1.54, 1.807) is 0 Å². The number of halogens is 1. The molecule has 0 atom stereocenters. The van der Waals surface area contributed by atoms with Crippen LogP contribution in [0.2, 0.25) is 0 Å². The lowest BCUT2D eigenvalue weighted by Crippen LogP contribution is -2.48. The Morgan fingerprint density at radius 3 is 2.28 bits per heavy atom. The van der Waals surface area contributed by atoms with Crippen molar-refractivity contribution in [1.82, 2.24) is 4.98 Å². The second-order valence-corrected chi connectivity index (χ2v) is 9.05. The molecule has 0 spiro atoms. The fourth-order valence-corrected chi connectivity index (χ4v) is 6.60. The van der Waals surface area contributed by atoms with Gasteiger partial charge in [-0.1, -0.05) is 0 Å². The van der Waals surface area contributed by atoms with Gasteiger partial charge in [-0.25, -0.2) is 9.37 Å². The Bertz CT molecular complexity index is 778. The third kappa shape index (κ3) is 2.69. The van der Waals surface area contributed by atoms with Crippen LogP contribution in [-0.2, 0) is 5.41 Å². The minimum atomic E-state index is -0.338. The van der Waals surface area contributed by atoms with Crippen LogP contribution in [0, 0.1) is 23.6 Å². The van der Waals surface area contributed by atoms with Gasteiger partial charge in [-0.15, -0.1) is 11.3 Å². The van der Waals surface area contributed by atoms with Gasteiger partial charge < -0.3 is 0 Å². The van der Waals surface area contributed by atoms with Crippen molar-refractivity contribution in [2.75, 3.05) is 5.32 Å². The number of nitrogens with one attached hydrogen (secondary N) is 1. The van der Waals surface area contributed by atoms with Gasteiger partial charge in [0.2, 0.25) is 0 Å². The van der Waals surface area contributed by atoms with Gasteiger partial charge in [-0.2, -0.15) is 0 Å². The van der Waals surface area contributed by atoms with E-state index >= 15 is 0 Å². The van der Waals surface area contributed by atoms with Gasteiger partial charge in [0.25, 0.3) is 5.91 Å². The van der Waals surface area contributed by atoms with Crippen molar-refractivity contribution in [1.29, 1.82) is 0 Å². The fourth-order valence-electron chi connectivity index (χ4n) is 5.77. The molecule has 0 saturated heterocycles. The Labute approximate surface area is 150 Å². The first-order valence-corrected chi connectivity index (χ1v) is 10.0. The number of anilines is 1. The van der Waals surface area contributed by atoms with Crippen LogP contribution in [0.5, 0.6) is 0 Å². The Hall–Kier alpha value is -1.75. The van der Waals surface area contributed by atoms with E-state index in [-0.39, 0.29) is 17.1 Å². The summed E-state index contributed by atoms with van der Waals surface area (Å²) >= 11 is 1.51. The molecular formula is C20H21FN2OS. The number of hydrogen-bond acceptors (Lipinski definition) is 3. The highest BCUT2D eigenvalue weighted by Crippen LogP contribution is 2.60. The molecule has 5 heteroatoms. The summed E-state index contributed by atoms with van der Waals surface area (Å²) in [5, 5.41) is 5.68. The number of aromatic nitrogens is 1. The SMILES string of the molecule is O=C(Nc1nc(C23CC4CC(CC(C4)C2)C3)cs1)c1ccc(F)cc1. The van der Waals surface area contributed by atoms with Crippen molar-refractivity contribution in [3.05, 3.63) is 46.7 Å². The summed E-state index contributed by atoms with van der Waals surface area (Å²) in [5.74, 6) is 2.07. The highest BCUT2D eigenvalue weighted by atomic mass is 32.1. The number of amides is 1. The van der Waals surface area contributed by atoms with Crippen LogP contribution in [0.3, 0.4) is 0 Å². The number of benzene rings is 1. The zero-order valence-corrected chi connectivity index (χ0v) is 14.8. The molecule has 4 saturated carbocycles. The maximum Gasteiger partial charge on any atom is 0.257 e. The molecule has 1 aromatic heterocycles. The summed E-state index contributed by atoms with van der Waals surface area (Å²) in [6.45, 7) is 0. The summed E-state index contributed by atoms with van der Waals surface area (Å²) in [7, 11) is 0. The molecule has 6 rings (SSSR count). The van der Waals surface area contributed by atoms with Gasteiger partial charge in [-0.05, 0) is 80.5 Å². The predicted octanol–water partition coefficient (Wildman–Crippen LogP) is 5.00. The molecule has 3 nitrogen and oxygen atoms in total. The molecule has 130 valence electrons. The van der Waals surface area contributed by atoms with Crippen molar-refractivity contribution >= 4 is 22.4 Å². The van der Waals surface area contributed by atoms with Crippen LogP contribution < -0.4 is 5.32 Å². The van der Waals surface area contributed by atoms with Crippen molar-refractivity contribution < 1.29 is 9.18 Å². The minimum Gasteiger partial charge on any atom is -0.298 e. The van der Waals surface area contributed by atoms with Crippen molar-refractivity contribution in [2.45, 2.75) is 43.9 Å². The summed E-state index contributed by atoms with van der Waals surface area (Å²) in [6, 6.07) is 5.60. The summed E-state index contributed by atoms with van der Waals surface area (Å²) < 4.78 is 13.0. The molecular weight excluding hydrogens is 335 g/mol. The van der Waals surface area contributed by atoms with Crippen LogP contribution in [0.1, 0.15) is 54.6 Å². The van der Waals surface area contributed by atoms with E-state index < -0.39 is 0 Å². The molecule has 0 aliphatic heterocycles. The van der Waals surface area contributed by atoms with Gasteiger partial charge in [0.15, 0.2) is 5.13 Å². The highest BCUT2D eigenvalue weighted by Gasteiger charge is 2.52. The maximum absolute atomic E-state index is 13.0. The molecule has 1 amide bonds. The van der Waals surface area contributed by atoms with Crippen LogP contribution in [0.15, 0.2) is 29.6 Å². The second-order valence-electron chi connectivity index (χ2n) is 8.20. The lowest BCUT2D eigenvalue weighted by atomic mass is 9.49. The van der Waals surface area contributed by atoms with E-state index in [9.17, 15) is 9.18 Å². The first-order valence-electron chi connectivity index (χ1n) is 9.13. The van der Waals surface area contributed by atoms with Gasteiger partial charge in [0.05, 0.1) is 5.69 Å². The lowest BCUT2D eigenvalue weighted by molar-refractivity contribution is -0.00688. The van der Waals surface area contributed by atoms with Crippen LogP contribution in [0.4, 0.5) is 9.52 Å². The van der Waals surface area contributed by atoms with Gasteiger partial charge in [0, 0.05) is 16.4 Å². The molecule has 1 N–H and O–H groups in total. The molecule has 2 aromatic rings. The third-order valence-corrected chi connectivity index (χ3v) is 7.17. The molecule has 1 heterocycles. The standard InChI is InChI=1S/C20H21FN2OS/c21-16-3-1-15(2-4-16)18(24)23-19-22-17(11-25-19)20-8-12-5-13(9-20)7-14(6-12)10-20/h1-4,11-14H,5-10H2,(H,22,23,24). The van der Waals surface area contributed by atoms with Crippen LogP contribution in [0.25, 0.3) is 0 Å². The highest BCUT2D eigenvalue weighted by molar-refractivity contribution is 7.14. The van der Waals surface area contributed by atoms with Gasteiger partial charge in [-0.3, -0.25) is 10.1 Å². The smallest absolute Gasteiger partial charge is 0.257 e. The number of hydrogen-bond donors (Lipinski definition) is 1. The second kappa shape index (κ2) is 5.63. The van der Waals surface area contributed by atoms with E-state index in [2.05, 4.69) is 10.7 Å². The molecule has 4 bridgehead atoms. The van der Waals surface area contributed by atoms with E-state index in [0.717, 1.165) is 17.8 Å². The molecule has 0 radical (unpaired) electrons. The average molecular weight is 356 g/mol. The van der Waals surface area contributed by atoms with Crippen molar-refractivity contribution in [2.24, 2.45) is 17.8 Å². The predicted molar refractivity (Wildman–Crippen MR) is 96.3 cm³/mol. The maximum atomic E-state index is 13.0. The Kier molecular flexibility index (Phi) is 3.49. The van der Waals surface area contributed by atoms with Crippen LogP contribution in [-0.4, -0.2) is 10.9 Å². The summed E-state index contributed by atoms with van der Waals surface area (Å²) in [4.78, 5) is 17.1. The molecule has 0 unspecified atom stereocenters. The quantitative estimate of drug-likeness (QED) is 0.841. The zero-order chi connectivity index (χ0) is 17.0. The first-order chi connectivity index (χ1) is 12.1. The zero-order valence-electron chi connectivity index (χ0n) is 14.0. The molecule has 4 fully saturated rings. The number of thiazole rings is 1. The van der Waals surface area contributed by atoms with Crippen LogP contribution >= 0.6 is 11.3 Å². The molecule has 4 aliphatic rings. The monoisotopic (exact) mass is 356 g/mol. The molecule has 25 heavy (non-hydrogen) atoms. The van der Waals surface area contributed by atoms with E-state index in [1.165, 1.54) is 79.8 Å². The number of carbonyl (C=O) groups is 1. The largest absolute Gasteiger partial charge is 0.298 e. The Morgan fingerprint density at radius 2 is 1.68 bits per heavy atom. The van der Waals surface area contributed by atoms with E-state index in [4.69, 9.17) is 4.98 Å². The first kappa shape index (κ1) is 15.5. The normalized spacial score (nSPS) is 32.8. The number of nitrogens with zero attached hydrogens (tertiary/aromatic N) is 1.